The van der Waals surface area contributed by atoms with Crippen LogP contribution in [0.3, 0.4) is 0 Å². The summed E-state index contributed by atoms with van der Waals surface area (Å²) >= 11 is 1.69. The van der Waals surface area contributed by atoms with E-state index < -0.39 is 0 Å². The summed E-state index contributed by atoms with van der Waals surface area (Å²) < 4.78 is 19.2. The van der Waals surface area contributed by atoms with Crippen LogP contribution in [0.2, 0.25) is 0 Å². The van der Waals surface area contributed by atoms with Crippen LogP contribution in [0.1, 0.15) is 50.1 Å². The Kier molecular flexibility index (Phi) is 9.11. The van der Waals surface area contributed by atoms with Crippen LogP contribution in [-0.2, 0) is 11.2 Å². The Bertz CT molecular complexity index is 918. The number of urea groups is 1. The number of nitrogens with one attached hydrogen (secondary N) is 1. The lowest BCUT2D eigenvalue weighted by Gasteiger charge is -2.37. The molecule has 6 nitrogen and oxygen atoms in total. The monoisotopic (exact) mass is 475 g/mol. The van der Waals surface area contributed by atoms with Crippen LogP contribution < -0.4 is 10.1 Å². The first-order chi connectivity index (χ1) is 15.9. The average Bonchev–Trinajstić information content (AvgIpc) is 3.30. The van der Waals surface area contributed by atoms with Crippen molar-refractivity contribution in [3.05, 3.63) is 52.0 Å². The van der Waals surface area contributed by atoms with Gasteiger partial charge < -0.3 is 19.9 Å². The molecule has 2 aromatic rings. The molecule has 0 saturated carbocycles. The highest BCUT2D eigenvalue weighted by molar-refractivity contribution is 7.10. The number of benzene rings is 1. The van der Waals surface area contributed by atoms with Crippen molar-refractivity contribution in [1.29, 1.82) is 0 Å². The van der Waals surface area contributed by atoms with E-state index in [4.69, 9.17) is 4.74 Å². The maximum absolute atomic E-state index is 13.5. The minimum absolute atomic E-state index is 0.0341. The third-order valence-corrected chi connectivity index (χ3v) is 7.00. The number of rotatable bonds is 10. The molecule has 0 radical (unpaired) electrons. The molecule has 2 heterocycles. The van der Waals surface area contributed by atoms with Crippen molar-refractivity contribution in [2.24, 2.45) is 5.92 Å². The van der Waals surface area contributed by atoms with Gasteiger partial charge in [-0.3, -0.25) is 4.79 Å². The molecule has 1 N–H and O–H groups in total. The van der Waals surface area contributed by atoms with Gasteiger partial charge in [0.15, 0.2) is 0 Å². The molecule has 180 valence electrons. The Morgan fingerprint density at radius 1 is 1.27 bits per heavy atom. The van der Waals surface area contributed by atoms with E-state index in [0.717, 1.165) is 24.8 Å². The van der Waals surface area contributed by atoms with Gasteiger partial charge in [0.25, 0.3) is 0 Å². The van der Waals surface area contributed by atoms with Gasteiger partial charge in [-0.1, -0.05) is 27.2 Å². The molecule has 8 heteroatoms. The molecule has 2 atom stereocenters. The predicted octanol–water partition coefficient (Wildman–Crippen LogP) is 4.86. The van der Waals surface area contributed by atoms with Gasteiger partial charge in [-0.05, 0) is 60.0 Å². The summed E-state index contributed by atoms with van der Waals surface area (Å²) in [5.74, 6) is 0.449. The quantitative estimate of drug-likeness (QED) is 0.534. The van der Waals surface area contributed by atoms with Crippen molar-refractivity contribution in [3.8, 4) is 5.75 Å². The van der Waals surface area contributed by atoms with Crippen molar-refractivity contribution in [1.82, 2.24) is 15.1 Å². The van der Waals surface area contributed by atoms with Crippen molar-refractivity contribution >= 4 is 23.3 Å². The Balaban J connectivity index is 1.74. The summed E-state index contributed by atoms with van der Waals surface area (Å²) in [4.78, 5) is 30.9. The van der Waals surface area contributed by atoms with Crippen molar-refractivity contribution in [2.45, 2.75) is 46.1 Å². The standard InChI is InChI=1S/C25H34FN3O3S/c1-4-12-27-25(31)28(15-18(3)5-2)16-24(30)29-13-10-23-21(11-14-33-23)22(29)17-32-20-8-6-19(26)7-9-20/h6-9,11,14,18,22H,4-5,10,12-13,15-17H2,1-3H3,(H,27,31)/t18-,22-/m0/s1. The molecule has 3 rings (SSSR count). The van der Waals surface area contributed by atoms with Crippen molar-refractivity contribution in [2.75, 3.05) is 32.8 Å². The third kappa shape index (κ3) is 6.69. The number of thiophene rings is 1. The second-order valence-electron chi connectivity index (χ2n) is 8.54. The summed E-state index contributed by atoms with van der Waals surface area (Å²) in [5.41, 5.74) is 1.09. The highest BCUT2D eigenvalue weighted by Gasteiger charge is 2.33. The summed E-state index contributed by atoms with van der Waals surface area (Å²) in [6.45, 7) is 8.18. The molecular weight excluding hydrogens is 441 g/mol. The van der Waals surface area contributed by atoms with Crippen LogP contribution in [0.4, 0.5) is 9.18 Å². The third-order valence-electron chi connectivity index (χ3n) is 6.01. The first-order valence-electron chi connectivity index (χ1n) is 11.7. The maximum Gasteiger partial charge on any atom is 0.317 e. The average molecular weight is 476 g/mol. The molecule has 0 saturated heterocycles. The molecule has 1 aromatic carbocycles. The number of carbonyl (C=O) groups excluding carboxylic acids is 2. The SMILES string of the molecule is CCCNC(=O)N(CC(=O)N1CCc2sccc2[C@@H]1COc1ccc(F)cc1)C[C@@H](C)CC. The topological polar surface area (TPSA) is 61.9 Å². The molecule has 0 aliphatic carbocycles. The molecule has 33 heavy (non-hydrogen) atoms. The highest BCUT2D eigenvalue weighted by atomic mass is 32.1. The van der Waals surface area contributed by atoms with Crippen LogP contribution in [0.15, 0.2) is 35.7 Å². The van der Waals surface area contributed by atoms with E-state index in [0.29, 0.717) is 31.3 Å². The Morgan fingerprint density at radius 2 is 2.03 bits per heavy atom. The Hall–Kier alpha value is -2.61. The van der Waals surface area contributed by atoms with Gasteiger partial charge in [0.05, 0.1) is 6.04 Å². The fourth-order valence-electron chi connectivity index (χ4n) is 3.90. The van der Waals surface area contributed by atoms with E-state index in [1.165, 1.54) is 17.0 Å². The molecule has 3 amide bonds. The van der Waals surface area contributed by atoms with Crippen LogP contribution in [0.25, 0.3) is 0 Å². The van der Waals surface area contributed by atoms with Gasteiger partial charge in [0.2, 0.25) is 5.91 Å². The van der Waals surface area contributed by atoms with Crippen molar-refractivity contribution in [3.63, 3.8) is 0 Å². The van der Waals surface area contributed by atoms with Crippen molar-refractivity contribution < 1.29 is 18.7 Å². The summed E-state index contributed by atoms with van der Waals surface area (Å²) in [5, 5.41) is 4.95. The molecule has 1 aliphatic rings. The molecule has 0 fully saturated rings. The minimum atomic E-state index is -0.320. The lowest BCUT2D eigenvalue weighted by atomic mass is 10.00. The largest absolute Gasteiger partial charge is 0.491 e. The summed E-state index contributed by atoms with van der Waals surface area (Å²) in [6.07, 6.45) is 2.56. The predicted molar refractivity (Wildman–Crippen MR) is 129 cm³/mol. The van der Waals surface area contributed by atoms with Crippen LogP contribution in [0, 0.1) is 11.7 Å². The van der Waals surface area contributed by atoms with E-state index >= 15 is 0 Å². The summed E-state index contributed by atoms with van der Waals surface area (Å²) in [7, 11) is 0. The lowest BCUT2D eigenvalue weighted by molar-refractivity contribution is -0.135. The van der Waals surface area contributed by atoms with Gasteiger partial charge in [-0.2, -0.15) is 0 Å². The Labute approximate surface area is 199 Å². The van der Waals surface area contributed by atoms with Crippen LogP contribution in [0.5, 0.6) is 5.75 Å². The number of ether oxygens (including phenoxy) is 1. The van der Waals surface area contributed by atoms with Gasteiger partial charge >= 0.3 is 6.03 Å². The number of hydrogen-bond donors (Lipinski definition) is 1. The maximum atomic E-state index is 13.5. The number of carbonyl (C=O) groups is 2. The smallest absolute Gasteiger partial charge is 0.317 e. The second kappa shape index (κ2) is 12.0. The molecule has 0 bridgehead atoms. The number of nitrogens with zero attached hydrogens (tertiary/aromatic N) is 2. The van der Waals surface area contributed by atoms with E-state index in [1.54, 1.807) is 28.4 Å². The lowest BCUT2D eigenvalue weighted by Crippen LogP contribution is -2.50. The first-order valence-corrected chi connectivity index (χ1v) is 12.6. The number of amides is 3. The minimum Gasteiger partial charge on any atom is -0.491 e. The zero-order chi connectivity index (χ0) is 23.8. The van der Waals surface area contributed by atoms with E-state index in [9.17, 15) is 14.0 Å². The second-order valence-corrected chi connectivity index (χ2v) is 9.54. The Morgan fingerprint density at radius 3 is 2.73 bits per heavy atom. The van der Waals surface area contributed by atoms with Gasteiger partial charge in [0, 0.05) is 24.5 Å². The van der Waals surface area contributed by atoms with E-state index in [2.05, 4.69) is 19.2 Å². The fourth-order valence-corrected chi connectivity index (χ4v) is 4.83. The van der Waals surface area contributed by atoms with Crippen LogP contribution >= 0.6 is 11.3 Å². The number of hydrogen-bond acceptors (Lipinski definition) is 4. The summed E-state index contributed by atoms with van der Waals surface area (Å²) in [6, 6.07) is 7.49. The van der Waals surface area contributed by atoms with E-state index in [1.807, 2.05) is 23.3 Å². The molecule has 0 spiro atoms. The zero-order valence-electron chi connectivity index (χ0n) is 19.7. The highest BCUT2D eigenvalue weighted by Crippen LogP contribution is 2.34. The van der Waals surface area contributed by atoms with Gasteiger partial charge in [-0.15, -0.1) is 11.3 Å². The molecule has 0 unspecified atom stereocenters. The molecular formula is C25H34FN3O3S. The normalized spacial score (nSPS) is 16.1. The first kappa shape index (κ1) is 25.0. The van der Waals surface area contributed by atoms with Gasteiger partial charge in [-0.25, -0.2) is 9.18 Å². The van der Waals surface area contributed by atoms with E-state index in [-0.39, 0.29) is 36.9 Å². The molecule has 1 aromatic heterocycles. The number of fused-ring (bicyclic) bond motifs is 1. The van der Waals surface area contributed by atoms with Gasteiger partial charge in [0.1, 0.15) is 24.7 Å². The zero-order valence-corrected chi connectivity index (χ0v) is 20.5. The van der Waals surface area contributed by atoms with Crippen LogP contribution in [-0.4, -0.2) is 54.5 Å². The molecule has 1 aliphatic heterocycles. The number of halogens is 1. The fraction of sp³-hybridized carbons (Fsp3) is 0.520.